The van der Waals surface area contributed by atoms with Gasteiger partial charge in [0.25, 0.3) is 11.8 Å². The number of benzene rings is 1. The quantitative estimate of drug-likeness (QED) is 0.424. The van der Waals surface area contributed by atoms with Gasteiger partial charge in [-0.15, -0.1) is 0 Å². The first-order valence-corrected chi connectivity index (χ1v) is 7.09. The number of hydrogen-bond acceptors (Lipinski definition) is 4. The Morgan fingerprint density at radius 1 is 1.29 bits per heavy atom. The zero-order chi connectivity index (χ0) is 15.4. The Labute approximate surface area is 129 Å². The third-order valence-electron chi connectivity index (χ3n) is 2.95. The molecule has 1 aromatic rings. The van der Waals surface area contributed by atoms with Crippen LogP contribution < -0.4 is 10.6 Å². The van der Waals surface area contributed by atoms with Crippen molar-refractivity contribution in [2.24, 2.45) is 0 Å². The van der Waals surface area contributed by atoms with Crippen molar-refractivity contribution in [3.63, 3.8) is 0 Å². The van der Waals surface area contributed by atoms with Crippen LogP contribution in [0.3, 0.4) is 0 Å². The summed E-state index contributed by atoms with van der Waals surface area (Å²) >= 11 is 3.31. The van der Waals surface area contributed by atoms with Crippen molar-refractivity contribution in [2.75, 3.05) is 6.54 Å². The average molecular weight is 353 g/mol. The minimum atomic E-state index is -0.861. The van der Waals surface area contributed by atoms with Crippen molar-refractivity contribution in [1.82, 2.24) is 10.6 Å². The Hall–Kier alpha value is -2.15. The number of hydrogen-bond donors (Lipinski definition) is 3. The number of carboxylic acids is 1. The van der Waals surface area contributed by atoms with Crippen molar-refractivity contribution < 1.29 is 19.5 Å². The van der Waals surface area contributed by atoms with Crippen LogP contribution in [0.15, 0.2) is 28.9 Å². The predicted octanol–water partition coefficient (Wildman–Crippen LogP) is 1.51. The molecule has 0 unspecified atom stereocenters. The first-order valence-electron chi connectivity index (χ1n) is 6.30. The molecule has 110 valence electrons. The van der Waals surface area contributed by atoms with E-state index in [0.29, 0.717) is 29.7 Å². The van der Waals surface area contributed by atoms with Gasteiger partial charge in [-0.2, -0.15) is 0 Å². The van der Waals surface area contributed by atoms with Crippen LogP contribution in [0.1, 0.15) is 28.8 Å². The number of aliphatic carboxylic acids is 1. The van der Waals surface area contributed by atoms with E-state index in [9.17, 15) is 14.4 Å². The van der Waals surface area contributed by atoms with Crippen LogP contribution in [0.5, 0.6) is 0 Å². The van der Waals surface area contributed by atoms with Crippen LogP contribution in [0.2, 0.25) is 0 Å². The molecular formula is C14H13BrN2O4. The lowest BCUT2D eigenvalue weighted by Crippen LogP contribution is -2.37. The van der Waals surface area contributed by atoms with Crippen LogP contribution in [0.4, 0.5) is 0 Å². The van der Waals surface area contributed by atoms with Gasteiger partial charge in [0.2, 0.25) is 0 Å². The maximum absolute atomic E-state index is 11.9. The molecule has 21 heavy (non-hydrogen) atoms. The number of nitrogens with one attached hydrogen (secondary N) is 2. The fourth-order valence-electron chi connectivity index (χ4n) is 1.96. The summed E-state index contributed by atoms with van der Waals surface area (Å²) < 4.78 is 0.764. The normalized spacial score (nSPS) is 15.6. The summed E-state index contributed by atoms with van der Waals surface area (Å²) in [6.45, 7) is 0.431. The van der Waals surface area contributed by atoms with Crippen molar-refractivity contribution >= 4 is 39.3 Å². The first kappa shape index (κ1) is 15.2. The second kappa shape index (κ2) is 6.53. The van der Waals surface area contributed by atoms with Crippen LogP contribution >= 0.6 is 15.9 Å². The fraction of sp³-hybridized carbons (Fsp3) is 0.214. The number of carbonyl (C=O) groups is 3. The van der Waals surface area contributed by atoms with Gasteiger partial charge in [0.1, 0.15) is 0 Å². The molecule has 0 bridgehead atoms. The van der Waals surface area contributed by atoms with Gasteiger partial charge in [-0.3, -0.25) is 19.7 Å². The monoisotopic (exact) mass is 352 g/mol. The maximum atomic E-state index is 11.9. The molecule has 2 rings (SSSR count). The molecule has 3 N–H and O–H groups in total. The summed E-state index contributed by atoms with van der Waals surface area (Å²) in [5.41, 5.74) is 1.32. The van der Waals surface area contributed by atoms with Crippen LogP contribution in [0.25, 0.3) is 5.57 Å². The Kier molecular flexibility index (Phi) is 4.74. The molecule has 0 fully saturated rings. The minimum absolute atomic E-state index is 0.0585. The van der Waals surface area contributed by atoms with Crippen molar-refractivity contribution in [3.8, 4) is 0 Å². The van der Waals surface area contributed by atoms with Gasteiger partial charge in [0.15, 0.2) is 0 Å². The van der Waals surface area contributed by atoms with Gasteiger partial charge < -0.3 is 10.4 Å². The van der Waals surface area contributed by atoms with Gasteiger partial charge in [-0.1, -0.05) is 15.9 Å². The number of fused-ring (bicyclic) bond motifs is 1. The molecule has 0 aromatic heterocycles. The van der Waals surface area contributed by atoms with E-state index in [0.717, 1.165) is 4.47 Å². The third kappa shape index (κ3) is 3.69. The van der Waals surface area contributed by atoms with Crippen molar-refractivity contribution in [3.05, 3.63) is 40.0 Å². The Morgan fingerprint density at radius 3 is 2.76 bits per heavy atom. The zero-order valence-electron chi connectivity index (χ0n) is 11.0. The van der Waals surface area contributed by atoms with E-state index in [1.807, 2.05) is 0 Å². The van der Waals surface area contributed by atoms with E-state index >= 15 is 0 Å². The van der Waals surface area contributed by atoms with Gasteiger partial charge in [-0.05, 0) is 24.6 Å². The van der Waals surface area contributed by atoms with E-state index in [4.69, 9.17) is 5.11 Å². The van der Waals surface area contributed by atoms with Crippen molar-refractivity contribution in [2.45, 2.75) is 12.8 Å². The smallest absolute Gasteiger partial charge is 0.303 e. The maximum Gasteiger partial charge on any atom is 0.303 e. The lowest BCUT2D eigenvalue weighted by Gasteiger charge is -2.18. The standard InChI is InChI=1S/C14H13BrN2O4/c15-8-3-4-9-10(6-8)11(14(21)17-13(9)20)7-16-5-1-2-12(18)19/h3-4,6-7,16H,1-2,5H2,(H,18,19)(H,17,20,21)/b11-7+. The summed E-state index contributed by atoms with van der Waals surface area (Å²) in [5.74, 6) is -1.76. The molecule has 1 aliphatic heterocycles. The molecule has 1 aromatic carbocycles. The van der Waals surface area contributed by atoms with Crippen LogP contribution in [0, 0.1) is 0 Å². The topological polar surface area (TPSA) is 95.5 Å². The number of rotatable bonds is 5. The molecule has 2 amide bonds. The highest BCUT2D eigenvalue weighted by molar-refractivity contribution is 9.10. The minimum Gasteiger partial charge on any atom is -0.481 e. The highest BCUT2D eigenvalue weighted by Crippen LogP contribution is 2.26. The highest BCUT2D eigenvalue weighted by atomic mass is 79.9. The Balaban J connectivity index is 2.17. The van der Waals surface area contributed by atoms with Gasteiger partial charge in [0, 0.05) is 34.8 Å². The summed E-state index contributed by atoms with van der Waals surface area (Å²) in [6.07, 6.45) is 2.02. The zero-order valence-corrected chi connectivity index (χ0v) is 12.6. The van der Waals surface area contributed by atoms with Gasteiger partial charge in [-0.25, -0.2) is 0 Å². The molecule has 1 heterocycles. The second-order valence-electron chi connectivity index (χ2n) is 4.48. The second-order valence-corrected chi connectivity index (χ2v) is 5.40. The molecule has 0 saturated heterocycles. The van der Waals surface area contributed by atoms with E-state index in [1.54, 1.807) is 18.2 Å². The molecule has 0 saturated carbocycles. The molecule has 1 aliphatic rings. The predicted molar refractivity (Wildman–Crippen MR) is 79.5 cm³/mol. The molecule has 0 atom stereocenters. The van der Waals surface area contributed by atoms with Gasteiger partial charge >= 0.3 is 5.97 Å². The summed E-state index contributed by atoms with van der Waals surface area (Å²) in [4.78, 5) is 34.0. The molecule has 0 radical (unpaired) electrons. The number of carbonyl (C=O) groups excluding carboxylic acids is 2. The molecule has 0 spiro atoms. The average Bonchev–Trinajstić information content (AvgIpc) is 2.41. The highest BCUT2D eigenvalue weighted by Gasteiger charge is 2.27. The molecule has 6 nitrogen and oxygen atoms in total. The van der Waals surface area contributed by atoms with Crippen LogP contribution in [-0.2, 0) is 9.59 Å². The summed E-state index contributed by atoms with van der Waals surface area (Å²) in [6, 6.07) is 5.07. The van der Waals surface area contributed by atoms with Crippen LogP contribution in [-0.4, -0.2) is 29.4 Å². The van der Waals surface area contributed by atoms with Crippen molar-refractivity contribution in [1.29, 1.82) is 0 Å². The third-order valence-corrected chi connectivity index (χ3v) is 3.44. The lowest BCUT2D eigenvalue weighted by molar-refractivity contribution is -0.137. The Morgan fingerprint density at radius 2 is 2.05 bits per heavy atom. The first-order chi connectivity index (χ1) is 9.99. The SMILES string of the molecule is O=C(O)CCCN/C=C1/C(=O)NC(=O)c2ccc(Br)cc21. The van der Waals surface area contributed by atoms with E-state index < -0.39 is 17.8 Å². The van der Waals surface area contributed by atoms with Gasteiger partial charge in [0.05, 0.1) is 5.57 Å². The molecule has 0 aliphatic carbocycles. The number of carboxylic acid groups (broad SMARTS) is 1. The fourth-order valence-corrected chi connectivity index (χ4v) is 2.32. The molecular weight excluding hydrogens is 340 g/mol. The van der Waals surface area contributed by atoms with E-state index in [1.165, 1.54) is 6.20 Å². The molecule has 7 heteroatoms. The summed E-state index contributed by atoms with van der Waals surface area (Å²) in [5, 5.41) is 13.7. The number of imide groups is 1. The Bertz CT molecular complexity index is 640. The lowest BCUT2D eigenvalue weighted by atomic mass is 9.96. The largest absolute Gasteiger partial charge is 0.481 e. The van der Waals surface area contributed by atoms with E-state index in [2.05, 4.69) is 26.6 Å². The number of halogens is 1. The summed E-state index contributed by atoms with van der Waals surface area (Å²) in [7, 11) is 0. The van der Waals surface area contributed by atoms with E-state index in [-0.39, 0.29) is 6.42 Å². The number of amides is 2.